The second-order valence-corrected chi connectivity index (χ2v) is 9.16. The third-order valence-corrected chi connectivity index (χ3v) is 6.34. The summed E-state index contributed by atoms with van der Waals surface area (Å²) in [6, 6.07) is 31.5. The molecule has 2 amide bonds. The molecule has 0 unspecified atom stereocenters. The Kier molecular flexibility index (Phi) is 8.51. The minimum Gasteiger partial charge on any atom is -0.320 e. The number of anilines is 1. The monoisotopic (exact) mass is 522 g/mol. The Bertz CT molecular complexity index is 1260. The molecule has 0 aliphatic rings. The van der Waals surface area contributed by atoms with Crippen LogP contribution in [0.1, 0.15) is 34.6 Å². The van der Waals surface area contributed by atoms with Gasteiger partial charge in [-0.15, -0.1) is 0 Å². The van der Waals surface area contributed by atoms with E-state index >= 15 is 0 Å². The van der Waals surface area contributed by atoms with E-state index in [4.69, 9.17) is 11.6 Å². The van der Waals surface area contributed by atoms with E-state index in [-0.39, 0.29) is 18.5 Å². The van der Waals surface area contributed by atoms with Crippen molar-refractivity contribution in [1.82, 2.24) is 4.90 Å². The van der Waals surface area contributed by atoms with Crippen LogP contribution < -0.4 is 5.32 Å². The largest absolute Gasteiger partial charge is 0.416 e. The van der Waals surface area contributed by atoms with Crippen LogP contribution in [-0.2, 0) is 12.7 Å². The van der Waals surface area contributed by atoms with Gasteiger partial charge in [0.05, 0.1) is 5.56 Å². The third-order valence-electron chi connectivity index (χ3n) is 6.11. The first-order valence-corrected chi connectivity index (χ1v) is 12.2. The summed E-state index contributed by atoms with van der Waals surface area (Å²) in [7, 11) is 0. The molecule has 0 saturated heterocycles. The number of alkyl halides is 3. The summed E-state index contributed by atoms with van der Waals surface area (Å²) in [4.78, 5) is 14.9. The number of hydrogen-bond donors (Lipinski definition) is 1. The smallest absolute Gasteiger partial charge is 0.320 e. The minimum absolute atomic E-state index is 0.0384. The quantitative estimate of drug-likeness (QED) is 0.247. The summed E-state index contributed by atoms with van der Waals surface area (Å²) in [5, 5.41) is 3.35. The Hall–Kier alpha value is -3.77. The summed E-state index contributed by atoms with van der Waals surface area (Å²) < 4.78 is 39.1. The van der Waals surface area contributed by atoms with Crippen molar-refractivity contribution in [3.05, 3.63) is 136 Å². The Morgan fingerprint density at radius 1 is 0.811 bits per heavy atom. The molecule has 0 aromatic heterocycles. The molecular formula is C30H26ClF3N2O. The fourth-order valence-corrected chi connectivity index (χ4v) is 4.41. The first-order valence-electron chi connectivity index (χ1n) is 11.9. The molecule has 0 heterocycles. The van der Waals surface area contributed by atoms with E-state index in [0.29, 0.717) is 29.2 Å². The van der Waals surface area contributed by atoms with Crippen molar-refractivity contribution in [2.24, 2.45) is 0 Å². The molecule has 0 radical (unpaired) electrons. The van der Waals surface area contributed by atoms with Crippen molar-refractivity contribution in [2.75, 3.05) is 11.9 Å². The lowest BCUT2D eigenvalue weighted by Gasteiger charge is -2.27. The van der Waals surface area contributed by atoms with E-state index in [1.54, 1.807) is 29.2 Å². The minimum atomic E-state index is -4.42. The highest BCUT2D eigenvalue weighted by molar-refractivity contribution is 6.30. The molecule has 4 aromatic carbocycles. The van der Waals surface area contributed by atoms with Gasteiger partial charge in [-0.05, 0) is 53.4 Å². The first kappa shape index (κ1) is 26.3. The lowest BCUT2D eigenvalue weighted by atomic mass is 9.88. The number of hydrogen-bond acceptors (Lipinski definition) is 1. The normalized spacial score (nSPS) is 11.4. The second kappa shape index (κ2) is 12.0. The topological polar surface area (TPSA) is 32.3 Å². The molecule has 0 aliphatic heterocycles. The van der Waals surface area contributed by atoms with Crippen LogP contribution in [-0.4, -0.2) is 17.5 Å². The molecule has 0 spiro atoms. The zero-order valence-corrected chi connectivity index (χ0v) is 20.7. The maximum absolute atomic E-state index is 13.3. The fourth-order valence-electron chi connectivity index (χ4n) is 4.22. The van der Waals surface area contributed by atoms with Crippen LogP contribution >= 0.6 is 11.6 Å². The van der Waals surface area contributed by atoms with Gasteiger partial charge in [0, 0.05) is 29.7 Å². The number of benzene rings is 4. The van der Waals surface area contributed by atoms with Gasteiger partial charge >= 0.3 is 12.2 Å². The van der Waals surface area contributed by atoms with E-state index in [0.717, 1.165) is 23.3 Å². The first-order chi connectivity index (χ1) is 17.8. The maximum Gasteiger partial charge on any atom is 0.416 e. The van der Waals surface area contributed by atoms with Crippen molar-refractivity contribution in [2.45, 2.75) is 25.1 Å². The number of nitrogens with one attached hydrogen (secondary N) is 1. The van der Waals surface area contributed by atoms with Crippen molar-refractivity contribution < 1.29 is 18.0 Å². The highest BCUT2D eigenvalue weighted by atomic mass is 35.5. The molecule has 3 nitrogen and oxygen atoms in total. The summed E-state index contributed by atoms with van der Waals surface area (Å²) in [5.41, 5.74) is 2.67. The van der Waals surface area contributed by atoms with Crippen LogP contribution in [0, 0.1) is 0 Å². The molecule has 4 aromatic rings. The molecular weight excluding hydrogens is 497 g/mol. The Morgan fingerprint density at radius 3 is 1.95 bits per heavy atom. The number of halogens is 4. The highest BCUT2D eigenvalue weighted by Gasteiger charge is 2.30. The second-order valence-electron chi connectivity index (χ2n) is 8.72. The van der Waals surface area contributed by atoms with E-state index < -0.39 is 11.7 Å². The van der Waals surface area contributed by atoms with Gasteiger partial charge in [0.25, 0.3) is 0 Å². The van der Waals surface area contributed by atoms with Crippen LogP contribution in [0.3, 0.4) is 0 Å². The van der Waals surface area contributed by atoms with Gasteiger partial charge < -0.3 is 10.2 Å². The third kappa shape index (κ3) is 7.37. The Morgan fingerprint density at radius 2 is 1.41 bits per heavy atom. The van der Waals surface area contributed by atoms with Crippen LogP contribution in [0.5, 0.6) is 0 Å². The van der Waals surface area contributed by atoms with Gasteiger partial charge in [-0.1, -0.05) is 90.5 Å². The number of urea groups is 1. The molecule has 37 heavy (non-hydrogen) atoms. The van der Waals surface area contributed by atoms with Crippen molar-refractivity contribution >= 4 is 23.3 Å². The number of nitrogens with zero attached hydrogens (tertiary/aromatic N) is 1. The molecule has 0 atom stereocenters. The molecule has 1 N–H and O–H groups in total. The van der Waals surface area contributed by atoms with Crippen molar-refractivity contribution in [3.63, 3.8) is 0 Å². The van der Waals surface area contributed by atoms with E-state index in [2.05, 4.69) is 29.6 Å². The molecule has 4 rings (SSSR count). The van der Waals surface area contributed by atoms with Gasteiger partial charge in [0.15, 0.2) is 0 Å². The lowest BCUT2D eigenvalue weighted by Crippen LogP contribution is -2.36. The summed E-state index contributed by atoms with van der Waals surface area (Å²) in [6.07, 6.45) is -3.79. The van der Waals surface area contributed by atoms with Gasteiger partial charge in [-0.25, -0.2) is 4.79 Å². The van der Waals surface area contributed by atoms with Gasteiger partial charge in [-0.2, -0.15) is 13.2 Å². The van der Waals surface area contributed by atoms with E-state index in [1.165, 1.54) is 12.1 Å². The average molecular weight is 523 g/mol. The van der Waals surface area contributed by atoms with Gasteiger partial charge in [-0.3, -0.25) is 0 Å². The Labute approximate surface area is 219 Å². The number of rotatable bonds is 8. The number of carbonyl (C=O) groups excluding carboxylic acids is 1. The lowest BCUT2D eigenvalue weighted by molar-refractivity contribution is -0.137. The molecule has 190 valence electrons. The van der Waals surface area contributed by atoms with Gasteiger partial charge in [0.2, 0.25) is 0 Å². The summed E-state index contributed by atoms with van der Waals surface area (Å²) in [5.74, 6) is 0.0384. The van der Waals surface area contributed by atoms with Crippen LogP contribution in [0.4, 0.5) is 23.7 Å². The van der Waals surface area contributed by atoms with E-state index in [1.807, 2.05) is 36.4 Å². The summed E-state index contributed by atoms with van der Waals surface area (Å²) >= 11 is 6.07. The van der Waals surface area contributed by atoms with Crippen molar-refractivity contribution in [1.29, 1.82) is 0 Å². The van der Waals surface area contributed by atoms with E-state index in [9.17, 15) is 18.0 Å². The standard InChI is InChI=1S/C30H26ClF3N2O/c31-26-12-7-13-27(20-26)35-29(37)36(21-22-14-16-25(17-15-22)30(32,33)34)19-18-28(23-8-3-1-4-9-23)24-10-5-2-6-11-24/h1-17,20,28H,18-19,21H2,(H,35,37). The predicted molar refractivity (Wildman–Crippen MR) is 142 cm³/mol. The molecule has 0 saturated carbocycles. The SMILES string of the molecule is O=C(Nc1cccc(Cl)c1)N(CCC(c1ccccc1)c1ccccc1)Cc1ccc(C(F)(F)F)cc1. The molecule has 0 bridgehead atoms. The summed E-state index contributed by atoms with van der Waals surface area (Å²) in [6.45, 7) is 0.530. The zero-order valence-electron chi connectivity index (χ0n) is 20.0. The zero-order chi connectivity index (χ0) is 26.3. The predicted octanol–water partition coefficient (Wildman–Crippen LogP) is 8.62. The van der Waals surface area contributed by atoms with Gasteiger partial charge in [0.1, 0.15) is 0 Å². The number of amides is 2. The fraction of sp³-hybridized carbons (Fsp3) is 0.167. The molecule has 0 fully saturated rings. The highest BCUT2D eigenvalue weighted by Crippen LogP contribution is 2.30. The van der Waals surface area contributed by atoms with Crippen LogP contribution in [0.15, 0.2) is 109 Å². The van der Waals surface area contributed by atoms with Crippen LogP contribution in [0.25, 0.3) is 0 Å². The maximum atomic E-state index is 13.3. The van der Waals surface area contributed by atoms with Crippen molar-refractivity contribution in [3.8, 4) is 0 Å². The molecule has 0 aliphatic carbocycles. The Balaban J connectivity index is 1.58. The molecule has 7 heteroatoms. The number of carbonyl (C=O) groups is 1. The van der Waals surface area contributed by atoms with Crippen LogP contribution in [0.2, 0.25) is 5.02 Å². The average Bonchev–Trinajstić information content (AvgIpc) is 2.89.